The van der Waals surface area contributed by atoms with Crippen molar-refractivity contribution in [1.82, 2.24) is 14.1 Å². The summed E-state index contributed by atoms with van der Waals surface area (Å²) in [7, 11) is -1.56. The first-order chi connectivity index (χ1) is 11.9. The Morgan fingerprint density at radius 2 is 1.84 bits per heavy atom. The van der Waals surface area contributed by atoms with Crippen molar-refractivity contribution in [2.75, 3.05) is 46.3 Å². The minimum atomic E-state index is -3.55. The largest absolute Gasteiger partial charge is 0.338 e. The van der Waals surface area contributed by atoms with E-state index in [9.17, 15) is 13.2 Å². The van der Waals surface area contributed by atoms with E-state index in [-0.39, 0.29) is 10.8 Å². The number of piperidine rings is 1. The van der Waals surface area contributed by atoms with E-state index < -0.39 is 10.0 Å². The third-order valence-electron chi connectivity index (χ3n) is 5.13. The molecule has 1 unspecified atom stereocenters. The topological polar surface area (TPSA) is 60.9 Å². The summed E-state index contributed by atoms with van der Waals surface area (Å²) in [4.78, 5) is 16.9. The van der Waals surface area contributed by atoms with Gasteiger partial charge in [-0.2, -0.15) is 4.31 Å². The maximum Gasteiger partial charge on any atom is 0.253 e. The van der Waals surface area contributed by atoms with Gasteiger partial charge in [-0.25, -0.2) is 8.42 Å². The highest BCUT2D eigenvalue weighted by Gasteiger charge is 2.29. The predicted octanol–water partition coefficient (Wildman–Crippen LogP) is 1.49. The maximum absolute atomic E-state index is 12.9. The molecule has 1 atom stereocenters. The van der Waals surface area contributed by atoms with Gasteiger partial charge < -0.3 is 9.80 Å². The van der Waals surface area contributed by atoms with Gasteiger partial charge in [0.25, 0.3) is 5.91 Å². The Bertz CT molecular complexity index is 727. The molecule has 2 saturated heterocycles. The quantitative estimate of drug-likeness (QED) is 0.814. The summed E-state index contributed by atoms with van der Waals surface area (Å²) in [6.07, 6.45) is 2.15. The number of amides is 1. The average Bonchev–Trinajstić information content (AvgIpc) is 2.61. The second kappa shape index (κ2) is 7.43. The molecule has 0 bridgehead atoms. The number of nitrogens with zero attached hydrogens (tertiary/aromatic N) is 3. The van der Waals surface area contributed by atoms with Crippen LogP contribution in [0.25, 0.3) is 0 Å². The molecule has 1 aromatic rings. The van der Waals surface area contributed by atoms with Crippen molar-refractivity contribution in [3.63, 3.8) is 0 Å². The van der Waals surface area contributed by atoms with Crippen LogP contribution in [-0.4, -0.2) is 74.7 Å². The highest BCUT2D eigenvalue weighted by atomic mass is 32.2. The van der Waals surface area contributed by atoms with Gasteiger partial charge in [-0.05, 0) is 44.0 Å². The van der Waals surface area contributed by atoms with Crippen molar-refractivity contribution >= 4 is 15.9 Å². The van der Waals surface area contributed by atoms with Gasteiger partial charge in [0.15, 0.2) is 0 Å². The van der Waals surface area contributed by atoms with Gasteiger partial charge in [-0.3, -0.25) is 4.79 Å². The molecule has 6 nitrogen and oxygen atoms in total. The van der Waals surface area contributed by atoms with Gasteiger partial charge in [-0.15, -0.1) is 0 Å². The molecule has 25 heavy (non-hydrogen) atoms. The molecule has 0 aromatic heterocycles. The summed E-state index contributed by atoms with van der Waals surface area (Å²) >= 11 is 0. The summed E-state index contributed by atoms with van der Waals surface area (Å²) < 4.78 is 27.3. The summed E-state index contributed by atoms with van der Waals surface area (Å²) in [6, 6.07) is 6.51. The fourth-order valence-corrected chi connectivity index (χ4v) is 4.99. The minimum absolute atomic E-state index is 0.0676. The van der Waals surface area contributed by atoms with Crippen LogP contribution in [0.2, 0.25) is 0 Å². The lowest BCUT2D eigenvalue weighted by Gasteiger charge is -2.32. The van der Waals surface area contributed by atoms with Crippen LogP contribution in [-0.2, 0) is 10.0 Å². The van der Waals surface area contributed by atoms with E-state index in [1.54, 1.807) is 18.2 Å². The predicted molar refractivity (Wildman–Crippen MR) is 97.0 cm³/mol. The zero-order chi connectivity index (χ0) is 18.0. The van der Waals surface area contributed by atoms with Crippen LogP contribution in [0.1, 0.15) is 30.1 Å². The number of hydrogen-bond donors (Lipinski definition) is 0. The van der Waals surface area contributed by atoms with Crippen molar-refractivity contribution in [1.29, 1.82) is 0 Å². The molecule has 0 saturated carbocycles. The summed E-state index contributed by atoms with van der Waals surface area (Å²) in [5, 5.41) is 0. The van der Waals surface area contributed by atoms with Crippen LogP contribution in [0.5, 0.6) is 0 Å². The van der Waals surface area contributed by atoms with Crippen molar-refractivity contribution in [2.24, 2.45) is 5.92 Å². The first-order valence-electron chi connectivity index (χ1n) is 8.96. The Morgan fingerprint density at radius 1 is 1.12 bits per heavy atom. The number of likely N-dealkylation sites (N-methyl/N-ethyl adjacent to an activating group) is 1. The Kier molecular flexibility index (Phi) is 5.46. The molecule has 3 rings (SSSR count). The van der Waals surface area contributed by atoms with E-state index in [1.165, 1.54) is 10.4 Å². The molecule has 1 aromatic carbocycles. The zero-order valence-corrected chi connectivity index (χ0v) is 15.8. The van der Waals surface area contributed by atoms with Crippen LogP contribution in [0, 0.1) is 5.92 Å². The standard InChI is InChI=1S/C18H27N3O3S/c1-15-5-4-8-20(14-15)18(22)16-6-3-7-17(13-16)25(23,24)21-11-9-19(2)10-12-21/h3,6-7,13,15H,4-5,8-12,14H2,1-2H3. The smallest absolute Gasteiger partial charge is 0.253 e. The third kappa shape index (κ3) is 4.04. The summed E-state index contributed by atoms with van der Waals surface area (Å²) in [5.74, 6) is 0.428. The number of piperazine rings is 1. The van der Waals surface area contributed by atoms with Gasteiger partial charge >= 0.3 is 0 Å². The van der Waals surface area contributed by atoms with Gasteiger partial charge in [0.05, 0.1) is 4.90 Å². The molecule has 138 valence electrons. The Morgan fingerprint density at radius 3 is 2.52 bits per heavy atom. The molecule has 7 heteroatoms. The lowest BCUT2D eigenvalue weighted by atomic mass is 9.99. The molecular weight excluding hydrogens is 338 g/mol. The van der Waals surface area contributed by atoms with Crippen LogP contribution in [0.4, 0.5) is 0 Å². The molecule has 1 amide bonds. The Labute approximate surface area is 150 Å². The van der Waals surface area contributed by atoms with Crippen LogP contribution < -0.4 is 0 Å². The monoisotopic (exact) mass is 365 g/mol. The lowest BCUT2D eigenvalue weighted by molar-refractivity contribution is 0.0683. The first kappa shape index (κ1) is 18.4. The van der Waals surface area contributed by atoms with Crippen molar-refractivity contribution < 1.29 is 13.2 Å². The van der Waals surface area contributed by atoms with Crippen molar-refractivity contribution in [2.45, 2.75) is 24.7 Å². The van der Waals surface area contributed by atoms with Gasteiger partial charge in [0.2, 0.25) is 10.0 Å². The second-order valence-electron chi connectivity index (χ2n) is 7.23. The highest BCUT2D eigenvalue weighted by Crippen LogP contribution is 2.22. The fourth-order valence-electron chi connectivity index (χ4n) is 3.52. The van der Waals surface area contributed by atoms with Crippen LogP contribution >= 0.6 is 0 Å². The summed E-state index contributed by atoms with van der Waals surface area (Å²) in [5.41, 5.74) is 0.462. The molecule has 0 spiro atoms. The first-order valence-corrected chi connectivity index (χ1v) is 10.4. The van der Waals surface area contributed by atoms with Crippen LogP contribution in [0.15, 0.2) is 29.2 Å². The molecule has 2 heterocycles. The van der Waals surface area contributed by atoms with Gasteiger partial charge in [0.1, 0.15) is 0 Å². The number of likely N-dealkylation sites (tertiary alicyclic amines) is 1. The number of benzene rings is 1. The van der Waals surface area contributed by atoms with E-state index in [1.807, 2.05) is 11.9 Å². The molecule has 0 N–H and O–H groups in total. The maximum atomic E-state index is 12.9. The fraction of sp³-hybridized carbons (Fsp3) is 0.611. The number of carbonyl (C=O) groups excluding carboxylic acids is 1. The molecule has 0 aliphatic carbocycles. The van der Waals surface area contributed by atoms with E-state index in [0.717, 1.165) is 39.0 Å². The number of sulfonamides is 1. The molecule has 2 aliphatic rings. The van der Waals surface area contributed by atoms with Crippen LogP contribution in [0.3, 0.4) is 0 Å². The van der Waals surface area contributed by atoms with E-state index >= 15 is 0 Å². The van der Waals surface area contributed by atoms with E-state index in [4.69, 9.17) is 0 Å². The van der Waals surface area contributed by atoms with Gasteiger partial charge in [-0.1, -0.05) is 13.0 Å². The number of carbonyl (C=O) groups is 1. The van der Waals surface area contributed by atoms with E-state index in [0.29, 0.717) is 24.6 Å². The molecule has 2 fully saturated rings. The highest BCUT2D eigenvalue weighted by molar-refractivity contribution is 7.89. The SMILES string of the molecule is CC1CCCN(C(=O)c2cccc(S(=O)(=O)N3CCN(C)CC3)c2)C1. The molecule has 2 aliphatic heterocycles. The van der Waals surface area contributed by atoms with Crippen molar-refractivity contribution in [3.8, 4) is 0 Å². The van der Waals surface area contributed by atoms with Crippen molar-refractivity contribution in [3.05, 3.63) is 29.8 Å². The molecular formula is C18H27N3O3S. The zero-order valence-electron chi connectivity index (χ0n) is 15.0. The van der Waals surface area contributed by atoms with E-state index in [2.05, 4.69) is 11.8 Å². The molecule has 0 radical (unpaired) electrons. The minimum Gasteiger partial charge on any atom is -0.338 e. The second-order valence-corrected chi connectivity index (χ2v) is 9.17. The lowest BCUT2D eigenvalue weighted by Crippen LogP contribution is -2.47. The average molecular weight is 365 g/mol. The summed E-state index contributed by atoms with van der Waals surface area (Å²) in [6.45, 7) is 6.06. The Balaban J connectivity index is 1.80. The normalized spacial score (nSPS) is 23.6. The number of rotatable bonds is 3. The number of hydrogen-bond acceptors (Lipinski definition) is 4. The van der Waals surface area contributed by atoms with Gasteiger partial charge in [0, 0.05) is 44.8 Å². The Hall–Kier alpha value is -1.44. The third-order valence-corrected chi connectivity index (χ3v) is 7.02.